The van der Waals surface area contributed by atoms with E-state index >= 15 is 0 Å². The minimum Gasteiger partial charge on any atom is -0.352 e. The molecule has 0 saturated carbocycles. The minimum absolute atomic E-state index is 0.174. The largest absolute Gasteiger partial charge is 0.352 e. The van der Waals surface area contributed by atoms with Gasteiger partial charge in [0, 0.05) is 41.9 Å². The predicted molar refractivity (Wildman–Crippen MR) is 147 cm³/mol. The summed E-state index contributed by atoms with van der Waals surface area (Å²) in [6.07, 6.45) is 1.92. The number of aromatic nitrogens is 2. The van der Waals surface area contributed by atoms with Crippen LogP contribution >= 0.6 is 12.2 Å². The van der Waals surface area contributed by atoms with Crippen molar-refractivity contribution in [2.24, 2.45) is 0 Å². The van der Waals surface area contributed by atoms with Gasteiger partial charge in [-0.3, -0.25) is 9.78 Å². The zero-order chi connectivity index (χ0) is 26.8. The zero-order valence-corrected chi connectivity index (χ0v) is 21.8. The molecule has 194 valence electrons. The van der Waals surface area contributed by atoms with Gasteiger partial charge in [0.25, 0.3) is 0 Å². The Morgan fingerprint density at radius 1 is 1.03 bits per heavy atom. The number of amides is 1. The number of nitrogens with one attached hydrogen (secondary N) is 2. The van der Waals surface area contributed by atoms with Crippen LogP contribution in [0.25, 0.3) is 5.69 Å². The summed E-state index contributed by atoms with van der Waals surface area (Å²) in [6.45, 7) is 4.35. The van der Waals surface area contributed by atoms with E-state index in [4.69, 9.17) is 12.2 Å². The van der Waals surface area contributed by atoms with Gasteiger partial charge in [0.05, 0.1) is 17.8 Å². The first-order valence-corrected chi connectivity index (χ1v) is 12.7. The molecule has 0 unspecified atom stereocenters. The molecule has 38 heavy (non-hydrogen) atoms. The number of nitrogens with zero attached hydrogens (tertiary/aromatic N) is 3. The fraction of sp³-hybridized carbons (Fsp3) is 0.207. The summed E-state index contributed by atoms with van der Waals surface area (Å²) in [4.78, 5) is 19.3. The summed E-state index contributed by atoms with van der Waals surface area (Å²) >= 11 is 5.74. The molecule has 0 aliphatic carbocycles. The van der Waals surface area contributed by atoms with Gasteiger partial charge in [-0.15, -0.1) is 0 Å². The van der Waals surface area contributed by atoms with Gasteiger partial charge >= 0.3 is 0 Å². The van der Waals surface area contributed by atoms with Crippen LogP contribution in [0.15, 0.2) is 79.0 Å². The molecule has 2 aromatic carbocycles. The Hall–Kier alpha value is -4.11. The van der Waals surface area contributed by atoms with Gasteiger partial charge in [-0.25, -0.2) is 8.78 Å². The van der Waals surface area contributed by atoms with Gasteiger partial charge in [0.2, 0.25) is 5.91 Å². The van der Waals surface area contributed by atoms with E-state index in [9.17, 15) is 13.6 Å². The second-order valence-electron chi connectivity index (χ2n) is 9.27. The summed E-state index contributed by atoms with van der Waals surface area (Å²) in [5.74, 6) is -0.874. The Morgan fingerprint density at radius 2 is 1.82 bits per heavy atom. The molecule has 4 aromatic rings. The molecule has 0 radical (unpaired) electrons. The predicted octanol–water partition coefficient (Wildman–Crippen LogP) is 5.77. The first kappa shape index (κ1) is 25.5. The lowest BCUT2D eigenvalue weighted by molar-refractivity contribution is -0.116. The number of hydrogen-bond acceptors (Lipinski definition) is 3. The topological polar surface area (TPSA) is 62.2 Å². The van der Waals surface area contributed by atoms with Gasteiger partial charge in [-0.05, 0) is 92.3 Å². The average molecular weight is 532 g/mol. The summed E-state index contributed by atoms with van der Waals surface area (Å²) < 4.78 is 29.3. The molecule has 0 bridgehead atoms. The molecular formula is C29H27F2N5OS. The number of halogens is 2. The van der Waals surface area contributed by atoms with Crippen molar-refractivity contribution >= 4 is 28.9 Å². The van der Waals surface area contributed by atoms with Crippen LogP contribution in [0.1, 0.15) is 41.1 Å². The molecule has 1 amide bonds. The summed E-state index contributed by atoms with van der Waals surface area (Å²) in [7, 11) is 0. The van der Waals surface area contributed by atoms with Gasteiger partial charge in [-0.1, -0.05) is 12.1 Å². The molecule has 1 saturated heterocycles. The third-order valence-corrected chi connectivity index (χ3v) is 7.11. The van der Waals surface area contributed by atoms with Crippen LogP contribution < -0.4 is 10.6 Å². The Balaban J connectivity index is 1.46. The smallest absolute Gasteiger partial charge is 0.226 e. The van der Waals surface area contributed by atoms with Crippen LogP contribution in [0, 0.1) is 25.5 Å². The van der Waals surface area contributed by atoms with Crippen molar-refractivity contribution in [1.29, 1.82) is 0 Å². The Bertz CT molecular complexity index is 1470. The molecule has 1 fully saturated rings. The molecule has 6 nitrogen and oxygen atoms in total. The second-order valence-corrected chi connectivity index (χ2v) is 9.65. The fourth-order valence-corrected chi connectivity index (χ4v) is 5.39. The number of hydrogen-bond donors (Lipinski definition) is 2. The van der Waals surface area contributed by atoms with Crippen LogP contribution in [0.3, 0.4) is 0 Å². The van der Waals surface area contributed by atoms with Gasteiger partial charge < -0.3 is 20.1 Å². The summed E-state index contributed by atoms with van der Waals surface area (Å²) in [5, 5.41) is 6.74. The van der Waals surface area contributed by atoms with Gasteiger partial charge in [-0.2, -0.15) is 0 Å². The van der Waals surface area contributed by atoms with Crippen LogP contribution in [0.5, 0.6) is 0 Å². The third-order valence-electron chi connectivity index (χ3n) is 6.76. The van der Waals surface area contributed by atoms with E-state index in [1.807, 2.05) is 47.6 Å². The van der Waals surface area contributed by atoms with Crippen LogP contribution in [-0.4, -0.2) is 32.0 Å². The zero-order valence-electron chi connectivity index (χ0n) is 21.0. The van der Waals surface area contributed by atoms with Crippen LogP contribution in [0.2, 0.25) is 0 Å². The number of carbonyl (C=O) groups is 1. The quantitative estimate of drug-likeness (QED) is 0.297. The summed E-state index contributed by atoms with van der Waals surface area (Å²) in [5.41, 5.74) is 5.00. The van der Waals surface area contributed by atoms with Crippen molar-refractivity contribution in [1.82, 2.24) is 19.8 Å². The fourth-order valence-electron chi connectivity index (χ4n) is 5.06. The van der Waals surface area contributed by atoms with Crippen molar-refractivity contribution < 1.29 is 13.6 Å². The molecule has 1 aliphatic heterocycles. The maximum absolute atomic E-state index is 14.1. The molecule has 1 aliphatic rings. The van der Waals surface area contributed by atoms with Crippen molar-refractivity contribution in [3.63, 3.8) is 0 Å². The van der Waals surface area contributed by atoms with E-state index < -0.39 is 0 Å². The molecule has 0 spiro atoms. The van der Waals surface area contributed by atoms with Crippen molar-refractivity contribution in [3.05, 3.63) is 113 Å². The highest BCUT2D eigenvalue weighted by Crippen LogP contribution is 2.41. The Morgan fingerprint density at radius 3 is 2.53 bits per heavy atom. The van der Waals surface area contributed by atoms with E-state index in [0.717, 1.165) is 28.3 Å². The normalized spacial score (nSPS) is 16.9. The summed E-state index contributed by atoms with van der Waals surface area (Å²) in [6, 6.07) is 19.5. The monoisotopic (exact) mass is 531 g/mol. The minimum atomic E-state index is -0.365. The van der Waals surface area contributed by atoms with Crippen molar-refractivity contribution in [2.45, 2.75) is 32.4 Å². The molecular weight excluding hydrogens is 504 g/mol. The lowest BCUT2D eigenvalue weighted by atomic mass is 9.96. The number of pyridine rings is 1. The second kappa shape index (κ2) is 10.7. The SMILES string of the molecule is Cc1cc([C@H]2[C@@H](c3ccccn3)NC(=S)N2CCC(=O)Nc2ccc(F)cc2)c(C)n1-c1cccc(F)c1. The molecule has 3 heterocycles. The lowest BCUT2D eigenvalue weighted by Gasteiger charge is -2.28. The lowest BCUT2D eigenvalue weighted by Crippen LogP contribution is -2.32. The van der Waals surface area contributed by atoms with E-state index in [1.165, 1.54) is 36.4 Å². The highest BCUT2D eigenvalue weighted by Gasteiger charge is 2.41. The number of carbonyl (C=O) groups excluding carboxylic acids is 1. The van der Waals surface area contributed by atoms with Crippen molar-refractivity contribution in [2.75, 3.05) is 11.9 Å². The van der Waals surface area contributed by atoms with Gasteiger partial charge in [0.15, 0.2) is 5.11 Å². The van der Waals surface area contributed by atoms with Crippen molar-refractivity contribution in [3.8, 4) is 5.69 Å². The highest BCUT2D eigenvalue weighted by molar-refractivity contribution is 7.80. The maximum atomic E-state index is 14.1. The standard InChI is InChI=1S/C29H27F2N5OS/c1-18-16-24(19(2)36(18)23-7-5-6-21(31)17-23)28-27(25-8-3-4-14-32-25)34-29(38)35(28)15-13-26(37)33-22-11-9-20(30)10-12-22/h3-12,14,16-17,27-28H,13,15H2,1-2H3,(H,33,37)(H,34,38)/t27-,28+/m1/s1. The Kier molecular flexibility index (Phi) is 7.20. The molecule has 9 heteroatoms. The number of rotatable bonds is 7. The molecule has 2 N–H and O–H groups in total. The Labute approximate surface area is 225 Å². The van der Waals surface area contributed by atoms with Crippen LogP contribution in [0.4, 0.5) is 14.5 Å². The average Bonchev–Trinajstić information content (AvgIpc) is 3.39. The molecule has 2 atom stereocenters. The highest BCUT2D eigenvalue weighted by atomic mass is 32.1. The molecule has 2 aromatic heterocycles. The third kappa shape index (κ3) is 5.15. The number of thiocarbonyl (C=S) groups is 1. The van der Waals surface area contributed by atoms with Gasteiger partial charge in [0.1, 0.15) is 11.6 Å². The van der Waals surface area contributed by atoms with E-state index in [0.29, 0.717) is 17.3 Å². The molecule has 5 rings (SSSR count). The maximum Gasteiger partial charge on any atom is 0.226 e. The number of aryl methyl sites for hydroxylation is 1. The van der Waals surface area contributed by atoms with Crippen LogP contribution in [-0.2, 0) is 4.79 Å². The first-order chi connectivity index (χ1) is 18.3. The first-order valence-electron chi connectivity index (χ1n) is 12.3. The van der Waals surface area contributed by atoms with E-state index in [1.54, 1.807) is 12.3 Å². The van der Waals surface area contributed by atoms with E-state index in [-0.39, 0.29) is 36.0 Å². The number of benzene rings is 2. The van der Waals surface area contributed by atoms with E-state index in [2.05, 4.69) is 21.7 Å². The number of anilines is 1.